The number of carbonyl (C=O) groups is 1. The number of nitrogens with one attached hydrogen (secondary N) is 1. The van der Waals surface area contributed by atoms with E-state index in [4.69, 9.17) is 0 Å². The van der Waals surface area contributed by atoms with Gasteiger partial charge in [0.15, 0.2) is 5.13 Å². The third-order valence-corrected chi connectivity index (χ3v) is 6.08. The third-order valence-electron chi connectivity index (χ3n) is 5.27. The van der Waals surface area contributed by atoms with E-state index in [1.54, 1.807) is 23.3 Å². The lowest BCUT2D eigenvalue weighted by Gasteiger charge is -2.11. The van der Waals surface area contributed by atoms with Crippen molar-refractivity contribution in [3.05, 3.63) is 77.7 Å². The summed E-state index contributed by atoms with van der Waals surface area (Å²) in [7, 11) is 0. The van der Waals surface area contributed by atoms with Crippen molar-refractivity contribution < 1.29 is 4.79 Å². The second-order valence-corrected chi connectivity index (χ2v) is 8.35. The van der Waals surface area contributed by atoms with E-state index in [1.165, 1.54) is 24.2 Å². The second kappa shape index (κ2) is 8.79. The fraction of sp³-hybridized carbons (Fsp3) is 0.217. The number of rotatable bonds is 6. The maximum Gasteiger partial charge on any atom is 0.261 e. The predicted octanol–water partition coefficient (Wildman–Crippen LogP) is 4.24. The lowest BCUT2D eigenvalue weighted by atomic mass is 10.1. The van der Waals surface area contributed by atoms with Gasteiger partial charge in [-0.1, -0.05) is 18.2 Å². The first kappa shape index (κ1) is 19.6. The van der Waals surface area contributed by atoms with E-state index < -0.39 is 0 Å². The minimum atomic E-state index is -0.233. The van der Waals surface area contributed by atoms with Crippen LogP contribution in [0.5, 0.6) is 0 Å². The van der Waals surface area contributed by atoms with Gasteiger partial charge in [-0.25, -0.2) is 9.67 Å². The van der Waals surface area contributed by atoms with E-state index in [1.807, 2.05) is 47.8 Å². The van der Waals surface area contributed by atoms with Gasteiger partial charge in [-0.2, -0.15) is 5.10 Å². The number of pyridine rings is 1. The Balaban J connectivity index is 1.41. The molecule has 1 aliphatic heterocycles. The fourth-order valence-electron chi connectivity index (χ4n) is 3.74. The van der Waals surface area contributed by atoms with Crippen molar-refractivity contribution in [1.82, 2.24) is 24.6 Å². The van der Waals surface area contributed by atoms with Crippen LogP contribution < -0.4 is 5.32 Å². The number of aromatic nitrogens is 4. The van der Waals surface area contributed by atoms with E-state index >= 15 is 0 Å². The molecule has 5 rings (SSSR count). The molecule has 0 saturated carbocycles. The second-order valence-electron chi connectivity index (χ2n) is 7.49. The quantitative estimate of drug-likeness (QED) is 0.495. The summed E-state index contributed by atoms with van der Waals surface area (Å²) in [5, 5.41) is 10.3. The van der Waals surface area contributed by atoms with Crippen LogP contribution in [-0.2, 0) is 6.54 Å². The molecule has 0 bridgehead atoms. The summed E-state index contributed by atoms with van der Waals surface area (Å²) in [6.07, 6.45) is 7.67. The molecule has 1 fully saturated rings. The Morgan fingerprint density at radius 3 is 2.71 bits per heavy atom. The molecule has 7 nitrogen and oxygen atoms in total. The number of likely N-dealkylation sites (tertiary alicyclic amines) is 1. The molecule has 0 unspecified atom stereocenters. The molecule has 0 atom stereocenters. The molecular formula is C23H22N6OS. The zero-order valence-corrected chi connectivity index (χ0v) is 17.8. The molecule has 1 aromatic carbocycles. The van der Waals surface area contributed by atoms with Gasteiger partial charge in [0.2, 0.25) is 0 Å². The Labute approximate surface area is 184 Å². The van der Waals surface area contributed by atoms with Gasteiger partial charge in [-0.05, 0) is 50.2 Å². The summed E-state index contributed by atoms with van der Waals surface area (Å²) in [5.74, 6) is -0.233. The van der Waals surface area contributed by atoms with Gasteiger partial charge in [0.25, 0.3) is 5.91 Å². The summed E-state index contributed by atoms with van der Waals surface area (Å²) in [6, 6.07) is 13.5. The van der Waals surface area contributed by atoms with Crippen molar-refractivity contribution in [2.75, 3.05) is 18.4 Å². The van der Waals surface area contributed by atoms with Crippen LogP contribution in [0, 0.1) is 0 Å². The minimum absolute atomic E-state index is 0.233. The Morgan fingerprint density at radius 1 is 1.10 bits per heavy atom. The number of nitrogens with zero attached hydrogens (tertiary/aromatic N) is 5. The number of amides is 1. The van der Waals surface area contributed by atoms with Crippen LogP contribution in [0.1, 0.15) is 28.9 Å². The first-order valence-corrected chi connectivity index (χ1v) is 11.2. The standard InChI is InChI=1S/C23H22N6OS/c30-22(26-23-25-18(16-31-23)14-28-11-4-5-12-28)20-15-29(19-8-2-1-3-9-19)27-21(20)17-7-6-10-24-13-17/h1-3,6-10,13,15-16H,4-5,11-12,14H2,(H,25,26,30). The molecule has 31 heavy (non-hydrogen) atoms. The predicted molar refractivity (Wildman–Crippen MR) is 121 cm³/mol. The molecular weight excluding hydrogens is 408 g/mol. The molecule has 0 radical (unpaired) electrons. The molecule has 1 amide bonds. The molecule has 0 aliphatic carbocycles. The van der Waals surface area contributed by atoms with Crippen LogP contribution in [0.25, 0.3) is 16.9 Å². The van der Waals surface area contributed by atoms with Crippen LogP contribution in [0.15, 0.2) is 66.4 Å². The molecule has 156 valence electrons. The summed E-state index contributed by atoms with van der Waals surface area (Å²) in [4.78, 5) is 24.4. The molecule has 1 N–H and O–H groups in total. The Bertz CT molecular complexity index is 1170. The van der Waals surface area contributed by atoms with Crippen LogP contribution in [0.3, 0.4) is 0 Å². The Kier molecular flexibility index (Phi) is 5.56. The van der Waals surface area contributed by atoms with Crippen LogP contribution >= 0.6 is 11.3 Å². The van der Waals surface area contributed by atoms with Gasteiger partial charge < -0.3 is 0 Å². The average molecular weight is 431 g/mol. The Morgan fingerprint density at radius 2 is 1.94 bits per heavy atom. The Hall–Kier alpha value is -3.36. The monoisotopic (exact) mass is 430 g/mol. The number of hydrogen-bond donors (Lipinski definition) is 1. The highest BCUT2D eigenvalue weighted by atomic mass is 32.1. The number of benzene rings is 1. The van der Waals surface area contributed by atoms with Crippen molar-refractivity contribution in [2.45, 2.75) is 19.4 Å². The number of para-hydroxylation sites is 1. The highest BCUT2D eigenvalue weighted by Gasteiger charge is 2.20. The van der Waals surface area contributed by atoms with Crippen LogP contribution in [0.2, 0.25) is 0 Å². The van der Waals surface area contributed by atoms with Gasteiger partial charge >= 0.3 is 0 Å². The van der Waals surface area contributed by atoms with Crippen LogP contribution in [0.4, 0.5) is 5.13 Å². The van der Waals surface area contributed by atoms with Gasteiger partial charge in [0.1, 0.15) is 5.69 Å². The lowest BCUT2D eigenvalue weighted by Crippen LogP contribution is -2.18. The first-order valence-electron chi connectivity index (χ1n) is 10.3. The van der Waals surface area contributed by atoms with Crippen molar-refractivity contribution >= 4 is 22.4 Å². The summed E-state index contributed by atoms with van der Waals surface area (Å²) >= 11 is 1.45. The van der Waals surface area contributed by atoms with Crippen molar-refractivity contribution in [1.29, 1.82) is 0 Å². The van der Waals surface area contributed by atoms with Crippen molar-refractivity contribution in [3.63, 3.8) is 0 Å². The fourth-order valence-corrected chi connectivity index (χ4v) is 4.44. The van der Waals surface area contributed by atoms with Gasteiger partial charge in [-0.15, -0.1) is 11.3 Å². The normalized spacial score (nSPS) is 14.1. The first-order chi connectivity index (χ1) is 15.3. The zero-order valence-electron chi connectivity index (χ0n) is 16.9. The van der Waals surface area contributed by atoms with Gasteiger partial charge in [0.05, 0.1) is 16.9 Å². The maximum absolute atomic E-state index is 13.2. The van der Waals surface area contributed by atoms with E-state index in [2.05, 4.69) is 25.3 Å². The van der Waals surface area contributed by atoms with E-state index in [0.29, 0.717) is 16.4 Å². The van der Waals surface area contributed by atoms with Crippen molar-refractivity contribution in [2.24, 2.45) is 0 Å². The summed E-state index contributed by atoms with van der Waals surface area (Å²) < 4.78 is 1.72. The van der Waals surface area contributed by atoms with Crippen LogP contribution in [-0.4, -0.2) is 43.6 Å². The molecule has 1 aliphatic rings. The van der Waals surface area contributed by atoms with E-state index in [0.717, 1.165) is 36.6 Å². The zero-order chi connectivity index (χ0) is 21.0. The summed E-state index contributed by atoms with van der Waals surface area (Å²) in [5.41, 5.74) is 3.73. The maximum atomic E-state index is 13.2. The number of carbonyl (C=O) groups excluding carboxylic acids is 1. The van der Waals surface area contributed by atoms with E-state index in [-0.39, 0.29) is 5.91 Å². The van der Waals surface area contributed by atoms with Crippen molar-refractivity contribution in [3.8, 4) is 16.9 Å². The topological polar surface area (TPSA) is 75.9 Å². The third kappa shape index (κ3) is 4.40. The molecule has 0 spiro atoms. The highest BCUT2D eigenvalue weighted by Crippen LogP contribution is 2.25. The summed E-state index contributed by atoms with van der Waals surface area (Å²) in [6.45, 7) is 3.07. The molecule has 3 aromatic heterocycles. The molecule has 4 heterocycles. The lowest BCUT2D eigenvalue weighted by molar-refractivity contribution is 0.102. The SMILES string of the molecule is O=C(Nc1nc(CN2CCCC2)cs1)c1cn(-c2ccccc2)nc1-c1cccnc1. The minimum Gasteiger partial charge on any atom is -0.298 e. The number of anilines is 1. The molecule has 8 heteroatoms. The molecule has 1 saturated heterocycles. The average Bonchev–Trinajstić information content (AvgIpc) is 3.57. The smallest absolute Gasteiger partial charge is 0.261 e. The van der Waals surface area contributed by atoms with Gasteiger partial charge in [-0.3, -0.25) is 20.0 Å². The largest absolute Gasteiger partial charge is 0.298 e. The van der Waals surface area contributed by atoms with E-state index in [9.17, 15) is 4.79 Å². The number of hydrogen-bond acceptors (Lipinski definition) is 6. The van der Waals surface area contributed by atoms with Gasteiger partial charge in [0, 0.05) is 36.1 Å². The number of thiazole rings is 1. The highest BCUT2D eigenvalue weighted by molar-refractivity contribution is 7.14. The molecule has 4 aromatic rings.